The first-order valence-electron chi connectivity index (χ1n) is 9.36. The molecule has 1 saturated heterocycles. The van der Waals surface area contributed by atoms with Gasteiger partial charge in [0, 0.05) is 5.02 Å². The van der Waals surface area contributed by atoms with E-state index in [1.54, 1.807) is 24.9 Å². The third-order valence-corrected chi connectivity index (χ3v) is 9.94. The van der Waals surface area contributed by atoms with E-state index in [1.165, 1.54) is 44.1 Å². The molecule has 0 bridgehead atoms. The Morgan fingerprint density at radius 2 is 1.59 bits per heavy atom. The van der Waals surface area contributed by atoms with Gasteiger partial charge in [-0.3, -0.25) is 0 Å². The number of hydrogen-bond acceptors (Lipinski definition) is 0. The molecule has 1 aromatic rings. The summed E-state index contributed by atoms with van der Waals surface area (Å²) >= 11 is 6.01. The van der Waals surface area contributed by atoms with Crippen molar-refractivity contribution in [2.75, 3.05) is 0 Å². The monoisotopic (exact) mass is 333 g/mol. The van der Waals surface area contributed by atoms with E-state index in [0.29, 0.717) is 0 Å². The van der Waals surface area contributed by atoms with Gasteiger partial charge in [0.25, 0.3) is 0 Å². The lowest BCUT2D eigenvalue weighted by molar-refractivity contribution is 0.332. The molecule has 22 heavy (non-hydrogen) atoms. The zero-order valence-corrected chi connectivity index (χ0v) is 15.7. The standard InChI is InChI=1S/C20H30ClSi/c1-2-3-16-4-10-20(11-5-16)22-14-12-18(13-15-22)17-6-8-19(21)9-7-17/h6-9,16,18,20H,2-5,10-15H2,1H3. The average molecular weight is 334 g/mol. The van der Waals surface area contributed by atoms with Crippen molar-refractivity contribution in [3.63, 3.8) is 0 Å². The average Bonchev–Trinajstić information content (AvgIpc) is 2.57. The molecule has 0 spiro atoms. The Hall–Kier alpha value is -0.273. The molecule has 3 rings (SSSR count). The lowest BCUT2D eigenvalue weighted by Crippen LogP contribution is -2.29. The van der Waals surface area contributed by atoms with Gasteiger partial charge in [0.1, 0.15) is 0 Å². The quantitative estimate of drug-likeness (QED) is 0.517. The first kappa shape index (κ1) is 16.6. The van der Waals surface area contributed by atoms with Crippen LogP contribution in [0.2, 0.25) is 22.7 Å². The van der Waals surface area contributed by atoms with E-state index in [4.69, 9.17) is 11.6 Å². The maximum Gasteiger partial charge on any atom is 0.0512 e. The zero-order valence-electron chi connectivity index (χ0n) is 14.0. The fourth-order valence-electron chi connectivity index (χ4n) is 4.73. The maximum absolute atomic E-state index is 6.01. The molecule has 0 N–H and O–H groups in total. The second kappa shape index (κ2) is 8.01. The number of halogens is 1. The number of rotatable bonds is 4. The highest BCUT2D eigenvalue weighted by Crippen LogP contribution is 2.43. The normalized spacial score (nSPS) is 27.9. The summed E-state index contributed by atoms with van der Waals surface area (Å²) in [5.74, 6) is 1.87. The molecular formula is C20H30ClSi. The topological polar surface area (TPSA) is 0 Å². The minimum absolute atomic E-state index is 0.0601. The maximum atomic E-state index is 6.01. The molecule has 1 heterocycles. The summed E-state index contributed by atoms with van der Waals surface area (Å²) in [6.45, 7) is 2.34. The van der Waals surface area contributed by atoms with Gasteiger partial charge in [0.05, 0.1) is 8.80 Å². The van der Waals surface area contributed by atoms with E-state index < -0.39 is 0 Å². The minimum atomic E-state index is -0.0601. The molecule has 0 atom stereocenters. The predicted molar refractivity (Wildman–Crippen MR) is 99.4 cm³/mol. The van der Waals surface area contributed by atoms with Crippen molar-refractivity contribution < 1.29 is 0 Å². The SMILES string of the molecule is CCCC1CCC([Si]2CCC(c3ccc(Cl)cc3)CC2)CC1. The fraction of sp³-hybridized carbons (Fsp3) is 0.700. The van der Waals surface area contributed by atoms with Crippen LogP contribution in [0.3, 0.4) is 0 Å². The smallest absolute Gasteiger partial charge is 0.0512 e. The summed E-state index contributed by atoms with van der Waals surface area (Å²) in [5.41, 5.74) is 2.67. The number of hydrogen-bond donors (Lipinski definition) is 0. The summed E-state index contributed by atoms with van der Waals surface area (Å²) < 4.78 is 0. The van der Waals surface area contributed by atoms with Crippen LogP contribution in [0.1, 0.15) is 69.8 Å². The minimum Gasteiger partial charge on any atom is -0.0843 e. The van der Waals surface area contributed by atoms with Gasteiger partial charge in [0.15, 0.2) is 0 Å². The number of benzene rings is 1. The van der Waals surface area contributed by atoms with Gasteiger partial charge in [-0.05, 0) is 47.9 Å². The Labute approximate surface area is 143 Å². The molecule has 1 aliphatic heterocycles. The molecule has 0 nitrogen and oxygen atoms in total. The Balaban J connectivity index is 1.47. The zero-order chi connectivity index (χ0) is 15.4. The first-order chi connectivity index (χ1) is 10.8. The molecule has 2 fully saturated rings. The van der Waals surface area contributed by atoms with Crippen LogP contribution in [0.4, 0.5) is 0 Å². The van der Waals surface area contributed by atoms with Gasteiger partial charge in [-0.2, -0.15) is 0 Å². The second-order valence-electron chi connectivity index (χ2n) is 7.49. The molecule has 0 aromatic heterocycles. The highest BCUT2D eigenvalue weighted by molar-refractivity contribution is 6.60. The summed E-state index contributed by atoms with van der Waals surface area (Å²) in [4.78, 5) is 0. The van der Waals surface area contributed by atoms with Crippen molar-refractivity contribution in [3.8, 4) is 0 Å². The van der Waals surface area contributed by atoms with E-state index in [0.717, 1.165) is 22.4 Å². The Kier molecular flexibility index (Phi) is 6.04. The van der Waals surface area contributed by atoms with Crippen LogP contribution in [-0.2, 0) is 0 Å². The van der Waals surface area contributed by atoms with Crippen LogP contribution < -0.4 is 0 Å². The van der Waals surface area contributed by atoms with E-state index in [-0.39, 0.29) is 8.80 Å². The first-order valence-corrected chi connectivity index (χ1v) is 11.7. The van der Waals surface area contributed by atoms with Crippen LogP contribution in [0, 0.1) is 5.92 Å². The van der Waals surface area contributed by atoms with Crippen molar-refractivity contribution in [1.29, 1.82) is 0 Å². The van der Waals surface area contributed by atoms with E-state index >= 15 is 0 Å². The molecule has 2 aliphatic rings. The molecule has 121 valence electrons. The molecule has 1 radical (unpaired) electrons. The molecule has 0 amide bonds. The van der Waals surface area contributed by atoms with Gasteiger partial charge < -0.3 is 0 Å². The second-order valence-corrected chi connectivity index (χ2v) is 11.1. The van der Waals surface area contributed by atoms with Crippen LogP contribution in [0.15, 0.2) is 24.3 Å². The van der Waals surface area contributed by atoms with Crippen LogP contribution in [0.5, 0.6) is 0 Å². The van der Waals surface area contributed by atoms with Gasteiger partial charge >= 0.3 is 0 Å². The summed E-state index contributed by atoms with van der Waals surface area (Å²) in [6, 6.07) is 11.7. The van der Waals surface area contributed by atoms with Gasteiger partial charge in [-0.25, -0.2) is 0 Å². The lowest BCUT2D eigenvalue weighted by atomic mass is 9.86. The Morgan fingerprint density at radius 3 is 2.18 bits per heavy atom. The van der Waals surface area contributed by atoms with Gasteiger partial charge in [-0.15, -0.1) is 0 Å². The van der Waals surface area contributed by atoms with Crippen molar-refractivity contribution in [3.05, 3.63) is 34.9 Å². The fourth-order valence-corrected chi connectivity index (χ4v) is 8.51. The van der Waals surface area contributed by atoms with E-state index in [2.05, 4.69) is 31.2 Å². The van der Waals surface area contributed by atoms with E-state index in [9.17, 15) is 0 Å². The van der Waals surface area contributed by atoms with E-state index in [1.807, 2.05) is 0 Å². The predicted octanol–water partition coefficient (Wildman–Crippen LogP) is 7.07. The summed E-state index contributed by atoms with van der Waals surface area (Å²) in [5, 5.41) is 0.869. The Bertz CT molecular complexity index is 439. The summed E-state index contributed by atoms with van der Waals surface area (Å²) in [6.07, 6.45) is 11.9. The van der Waals surface area contributed by atoms with Gasteiger partial charge in [-0.1, -0.05) is 81.3 Å². The van der Waals surface area contributed by atoms with Crippen LogP contribution in [-0.4, -0.2) is 8.80 Å². The van der Waals surface area contributed by atoms with Crippen molar-refractivity contribution in [1.82, 2.24) is 0 Å². The third kappa shape index (κ3) is 4.17. The summed E-state index contributed by atoms with van der Waals surface area (Å²) in [7, 11) is -0.0601. The largest absolute Gasteiger partial charge is 0.0843 e. The molecule has 1 aromatic carbocycles. The molecular weight excluding hydrogens is 304 g/mol. The highest BCUT2D eigenvalue weighted by Gasteiger charge is 2.32. The molecule has 2 heteroatoms. The molecule has 0 unspecified atom stereocenters. The lowest BCUT2D eigenvalue weighted by Gasteiger charge is -2.37. The van der Waals surface area contributed by atoms with Gasteiger partial charge in [0.2, 0.25) is 0 Å². The Morgan fingerprint density at radius 1 is 0.955 bits per heavy atom. The highest BCUT2D eigenvalue weighted by atomic mass is 35.5. The van der Waals surface area contributed by atoms with Crippen molar-refractivity contribution >= 4 is 20.4 Å². The molecule has 1 aliphatic carbocycles. The third-order valence-electron chi connectivity index (χ3n) is 6.09. The van der Waals surface area contributed by atoms with Crippen LogP contribution >= 0.6 is 11.6 Å². The van der Waals surface area contributed by atoms with Crippen molar-refractivity contribution in [2.24, 2.45) is 5.92 Å². The van der Waals surface area contributed by atoms with Crippen LogP contribution in [0.25, 0.3) is 0 Å². The van der Waals surface area contributed by atoms with Crippen molar-refractivity contribution in [2.45, 2.75) is 81.8 Å². The molecule has 1 saturated carbocycles.